The molecule has 0 aliphatic heterocycles. The van der Waals surface area contributed by atoms with Gasteiger partial charge in [0.1, 0.15) is 0 Å². The van der Waals surface area contributed by atoms with Crippen molar-refractivity contribution in [3.63, 3.8) is 0 Å². The Balaban J connectivity index is 1.97. The van der Waals surface area contributed by atoms with Gasteiger partial charge in [-0.1, -0.05) is 0 Å². The zero-order valence-corrected chi connectivity index (χ0v) is 4.27. The van der Waals surface area contributed by atoms with E-state index >= 15 is 0 Å². The summed E-state index contributed by atoms with van der Waals surface area (Å²) in [5, 5.41) is 0. The van der Waals surface area contributed by atoms with E-state index in [4.69, 9.17) is 0 Å². The molecule has 23 valence electrons. The Bertz CT molecular complexity index is 8.00. The molecular weight excluding hydrogens is 85.9 g/mol. The van der Waals surface area contributed by atoms with Crippen molar-refractivity contribution < 1.29 is 20.7 Å². The summed E-state index contributed by atoms with van der Waals surface area (Å²) < 4.78 is 2.93. The third-order valence-corrected chi connectivity index (χ3v) is 0.729. The van der Waals surface area contributed by atoms with E-state index in [-0.39, 0.29) is 0 Å². The first-order chi connectivity index (χ1) is 1.91. The van der Waals surface area contributed by atoms with Gasteiger partial charge in [0.05, 0.1) is 0 Å². The molecule has 0 aromatic carbocycles. The molecule has 0 rings (SSSR count). The Labute approximate surface area is 38.5 Å². The molecule has 0 aliphatic rings. The summed E-state index contributed by atoms with van der Waals surface area (Å²) in [6.07, 6.45) is 0. The fourth-order valence-electron chi connectivity index (χ4n) is 0. The third-order valence-electron chi connectivity index (χ3n) is 0.177. The van der Waals surface area contributed by atoms with Crippen LogP contribution in [0.1, 0.15) is 6.92 Å². The van der Waals surface area contributed by atoms with Gasteiger partial charge in [-0.05, 0) is 0 Å². The van der Waals surface area contributed by atoms with Crippen LogP contribution in [-0.4, -0.2) is 6.54 Å². The number of rotatable bonds is 1. The van der Waals surface area contributed by atoms with Gasteiger partial charge in [-0.3, -0.25) is 0 Å². The van der Waals surface area contributed by atoms with Crippen LogP contribution >= 0.6 is 0 Å². The quantitative estimate of drug-likeness (QED) is 0.451. The molecule has 1 N–H and O–H groups in total. The van der Waals surface area contributed by atoms with Crippen LogP contribution < -0.4 is 3.80 Å². The Hall–Kier alpha value is 0.674. The molecule has 1 nitrogen and oxygen atoms in total. The van der Waals surface area contributed by atoms with Crippen LogP contribution in [0.2, 0.25) is 0 Å². The standard InChI is InChI=1S/C2H6N.Ti/c1-2-3;/h3H,2H2,1H3;/q-1;+1. The van der Waals surface area contributed by atoms with E-state index in [2.05, 4.69) is 10.7 Å². The van der Waals surface area contributed by atoms with Crippen molar-refractivity contribution in [3.8, 4) is 0 Å². The fourth-order valence-corrected chi connectivity index (χ4v) is 0. The molecule has 0 amide bonds. The van der Waals surface area contributed by atoms with E-state index < -0.39 is 0 Å². The Morgan fingerprint density at radius 3 is 2.25 bits per heavy atom. The summed E-state index contributed by atoms with van der Waals surface area (Å²) in [7, 11) is 0. The summed E-state index contributed by atoms with van der Waals surface area (Å²) in [6.45, 7) is 3.14. The molecule has 0 aromatic heterocycles. The molecule has 0 aliphatic carbocycles. The van der Waals surface area contributed by atoms with Crippen LogP contribution in [0.25, 0.3) is 0 Å². The number of nitrogens with one attached hydrogen (secondary N) is 1. The van der Waals surface area contributed by atoms with Gasteiger partial charge < -0.3 is 0 Å². The van der Waals surface area contributed by atoms with E-state index in [9.17, 15) is 0 Å². The predicted octanol–water partition coefficient (Wildman–Crippen LogP) is 0.0577. The topological polar surface area (TPSA) is 12.0 Å². The molecule has 0 heterocycles. The zero-order chi connectivity index (χ0) is 3.41. The fraction of sp³-hybridized carbons (Fsp3) is 1.00. The SMILES string of the molecule is CC[NH][Ti]. The van der Waals surface area contributed by atoms with E-state index in [1.165, 1.54) is 0 Å². The molecule has 0 aromatic rings. The van der Waals surface area contributed by atoms with Gasteiger partial charge >= 0.3 is 38.0 Å². The molecule has 0 saturated carbocycles. The van der Waals surface area contributed by atoms with Crippen molar-refractivity contribution in [2.75, 3.05) is 6.54 Å². The van der Waals surface area contributed by atoms with E-state index in [0.717, 1.165) is 6.54 Å². The molecular formula is C2H6NTi. The second-order valence-corrected chi connectivity index (χ2v) is 1.08. The van der Waals surface area contributed by atoms with Gasteiger partial charge in [0.2, 0.25) is 0 Å². The normalized spacial score (nSPS) is 7.00. The van der Waals surface area contributed by atoms with Crippen molar-refractivity contribution in [2.24, 2.45) is 0 Å². The van der Waals surface area contributed by atoms with Crippen LogP contribution in [0, 0.1) is 0 Å². The van der Waals surface area contributed by atoms with Crippen molar-refractivity contribution in [3.05, 3.63) is 0 Å². The second kappa shape index (κ2) is 3.67. The molecule has 0 atom stereocenters. The molecule has 0 radical (unpaired) electrons. The zero-order valence-electron chi connectivity index (χ0n) is 2.71. The van der Waals surface area contributed by atoms with Crippen molar-refractivity contribution in [2.45, 2.75) is 6.92 Å². The summed E-state index contributed by atoms with van der Waals surface area (Å²) in [5.41, 5.74) is 0. The minimum absolute atomic E-state index is 1.07. The molecule has 0 fully saturated rings. The van der Waals surface area contributed by atoms with Gasteiger partial charge in [0.25, 0.3) is 0 Å². The summed E-state index contributed by atoms with van der Waals surface area (Å²) >= 11 is 1.93. The van der Waals surface area contributed by atoms with Crippen LogP contribution in [-0.2, 0) is 20.7 Å². The first-order valence-electron chi connectivity index (χ1n) is 1.31. The Morgan fingerprint density at radius 2 is 2.25 bits per heavy atom. The average Bonchev–Trinajstić information content (AvgIpc) is 1.37. The Morgan fingerprint density at radius 1 is 2.00 bits per heavy atom. The molecule has 2 heteroatoms. The summed E-state index contributed by atoms with van der Waals surface area (Å²) in [4.78, 5) is 0. The van der Waals surface area contributed by atoms with E-state index in [0.29, 0.717) is 0 Å². The van der Waals surface area contributed by atoms with Crippen LogP contribution in [0.5, 0.6) is 0 Å². The maximum absolute atomic E-state index is 2.93. The first kappa shape index (κ1) is 4.67. The van der Waals surface area contributed by atoms with Crippen LogP contribution in [0.3, 0.4) is 0 Å². The molecule has 0 bridgehead atoms. The molecule has 4 heavy (non-hydrogen) atoms. The molecule has 0 spiro atoms. The summed E-state index contributed by atoms with van der Waals surface area (Å²) in [5.74, 6) is 0. The number of hydrogen-bond acceptors (Lipinski definition) is 1. The van der Waals surface area contributed by atoms with Gasteiger partial charge in [-0.25, -0.2) is 0 Å². The monoisotopic (exact) mass is 92.0 g/mol. The van der Waals surface area contributed by atoms with Crippen LogP contribution in [0.15, 0.2) is 0 Å². The van der Waals surface area contributed by atoms with Gasteiger partial charge in [0.15, 0.2) is 0 Å². The van der Waals surface area contributed by atoms with E-state index in [1.54, 1.807) is 0 Å². The summed E-state index contributed by atoms with van der Waals surface area (Å²) in [6, 6.07) is 0. The third kappa shape index (κ3) is 2.67. The average molecular weight is 91.9 g/mol. The van der Waals surface area contributed by atoms with Crippen molar-refractivity contribution >= 4 is 0 Å². The first-order valence-corrected chi connectivity index (χ1v) is 2.09. The van der Waals surface area contributed by atoms with E-state index in [1.807, 2.05) is 20.7 Å². The van der Waals surface area contributed by atoms with Gasteiger partial charge in [0, 0.05) is 0 Å². The minimum atomic E-state index is 1.07. The molecule has 0 saturated heterocycles. The second-order valence-electron chi connectivity index (χ2n) is 0.530. The maximum atomic E-state index is 2.93. The van der Waals surface area contributed by atoms with Gasteiger partial charge in [-0.15, -0.1) is 0 Å². The van der Waals surface area contributed by atoms with Gasteiger partial charge in [-0.2, -0.15) is 0 Å². The molecule has 0 unspecified atom stereocenters. The predicted molar refractivity (Wildman–Crippen MR) is 13.7 cm³/mol. The Kier molecular flexibility index (Phi) is 4.29. The van der Waals surface area contributed by atoms with Crippen molar-refractivity contribution in [1.82, 2.24) is 3.80 Å². The number of hydrogen-bond donors (Lipinski definition) is 1. The van der Waals surface area contributed by atoms with Crippen LogP contribution in [0.4, 0.5) is 0 Å². The van der Waals surface area contributed by atoms with Crippen molar-refractivity contribution in [1.29, 1.82) is 0 Å².